The first-order valence-corrected chi connectivity index (χ1v) is 8.48. The standard InChI is InChI=1S/C15H20OS2/c1-9-5-10(2)7-11(6-9)15(16)14-8-13-12(18-14)3-4-17-13/h3-4,8-11,15-16H,5-7H2,1-2H3. The number of aliphatic hydroxyl groups is 1. The predicted octanol–water partition coefficient (Wildman–Crippen LogP) is 5.07. The Morgan fingerprint density at radius 3 is 2.56 bits per heavy atom. The first-order valence-electron chi connectivity index (χ1n) is 6.78. The fourth-order valence-corrected chi connectivity index (χ4v) is 5.63. The van der Waals surface area contributed by atoms with Crippen LogP contribution in [0.5, 0.6) is 0 Å². The first kappa shape index (κ1) is 12.6. The first-order chi connectivity index (χ1) is 8.63. The minimum absolute atomic E-state index is 0.250. The van der Waals surface area contributed by atoms with Crippen LogP contribution in [0.25, 0.3) is 9.40 Å². The summed E-state index contributed by atoms with van der Waals surface area (Å²) in [5.74, 6) is 1.97. The average Bonchev–Trinajstić information content (AvgIpc) is 2.86. The lowest BCUT2D eigenvalue weighted by Gasteiger charge is -2.34. The predicted molar refractivity (Wildman–Crippen MR) is 80.3 cm³/mol. The zero-order valence-corrected chi connectivity index (χ0v) is 12.6. The SMILES string of the molecule is CC1CC(C)CC(C(O)c2cc3sccc3s2)C1. The molecule has 0 radical (unpaired) electrons. The fourth-order valence-electron chi connectivity index (χ4n) is 3.43. The van der Waals surface area contributed by atoms with E-state index in [0.717, 1.165) is 11.8 Å². The lowest BCUT2D eigenvalue weighted by atomic mass is 9.74. The van der Waals surface area contributed by atoms with Crippen LogP contribution in [-0.4, -0.2) is 5.11 Å². The van der Waals surface area contributed by atoms with E-state index in [-0.39, 0.29) is 6.10 Å². The highest BCUT2D eigenvalue weighted by atomic mass is 32.1. The Labute approximate surface area is 116 Å². The Morgan fingerprint density at radius 2 is 1.89 bits per heavy atom. The molecule has 0 amide bonds. The molecule has 0 bridgehead atoms. The van der Waals surface area contributed by atoms with Crippen molar-refractivity contribution >= 4 is 32.1 Å². The van der Waals surface area contributed by atoms with Gasteiger partial charge in [-0.15, -0.1) is 22.7 Å². The summed E-state index contributed by atoms with van der Waals surface area (Å²) in [5, 5.41) is 12.7. The Kier molecular flexibility index (Phi) is 3.48. The maximum Gasteiger partial charge on any atom is 0.0910 e. The van der Waals surface area contributed by atoms with Crippen molar-refractivity contribution in [2.45, 2.75) is 39.2 Å². The number of aliphatic hydroxyl groups excluding tert-OH is 1. The van der Waals surface area contributed by atoms with Gasteiger partial charge in [0.25, 0.3) is 0 Å². The second-order valence-electron chi connectivity index (χ2n) is 5.92. The van der Waals surface area contributed by atoms with Gasteiger partial charge >= 0.3 is 0 Å². The number of hydrogen-bond acceptors (Lipinski definition) is 3. The molecule has 2 heterocycles. The molecule has 98 valence electrons. The lowest BCUT2D eigenvalue weighted by molar-refractivity contribution is 0.0577. The Bertz CT molecular complexity index is 489. The second-order valence-corrected chi connectivity index (χ2v) is 7.98. The monoisotopic (exact) mass is 280 g/mol. The van der Waals surface area contributed by atoms with Crippen molar-refractivity contribution in [2.24, 2.45) is 17.8 Å². The van der Waals surface area contributed by atoms with Crippen molar-refractivity contribution in [2.75, 3.05) is 0 Å². The average molecular weight is 280 g/mol. The molecule has 0 aromatic carbocycles. The normalized spacial score (nSPS) is 30.7. The van der Waals surface area contributed by atoms with E-state index >= 15 is 0 Å². The van der Waals surface area contributed by atoms with E-state index in [0.29, 0.717) is 5.92 Å². The molecule has 1 aliphatic carbocycles. The summed E-state index contributed by atoms with van der Waals surface area (Å²) < 4.78 is 2.65. The lowest BCUT2D eigenvalue weighted by Crippen LogP contribution is -2.24. The van der Waals surface area contributed by atoms with Gasteiger partial charge in [0.05, 0.1) is 6.10 Å². The van der Waals surface area contributed by atoms with Crippen molar-refractivity contribution < 1.29 is 5.11 Å². The van der Waals surface area contributed by atoms with Crippen LogP contribution < -0.4 is 0 Å². The van der Waals surface area contributed by atoms with Crippen LogP contribution in [0.3, 0.4) is 0 Å². The van der Waals surface area contributed by atoms with Gasteiger partial charge in [0.15, 0.2) is 0 Å². The summed E-state index contributed by atoms with van der Waals surface area (Å²) in [6.45, 7) is 4.64. The molecule has 0 spiro atoms. The van der Waals surface area contributed by atoms with Crippen LogP contribution in [0.4, 0.5) is 0 Å². The molecule has 3 rings (SSSR count). The van der Waals surface area contributed by atoms with Gasteiger partial charge in [-0.1, -0.05) is 13.8 Å². The van der Waals surface area contributed by atoms with E-state index in [2.05, 4.69) is 31.4 Å². The van der Waals surface area contributed by atoms with Gasteiger partial charge in [0.1, 0.15) is 0 Å². The highest BCUT2D eigenvalue weighted by Gasteiger charge is 2.30. The van der Waals surface area contributed by atoms with Gasteiger partial charge in [-0.2, -0.15) is 0 Å². The van der Waals surface area contributed by atoms with Gasteiger partial charge in [-0.05, 0) is 54.5 Å². The third-order valence-electron chi connectivity index (χ3n) is 4.11. The van der Waals surface area contributed by atoms with Crippen LogP contribution in [0.1, 0.15) is 44.1 Å². The second kappa shape index (κ2) is 4.95. The summed E-state index contributed by atoms with van der Waals surface area (Å²) >= 11 is 3.54. The minimum Gasteiger partial charge on any atom is -0.387 e. The van der Waals surface area contributed by atoms with Gasteiger partial charge in [-0.3, -0.25) is 0 Å². The quantitative estimate of drug-likeness (QED) is 0.814. The van der Waals surface area contributed by atoms with E-state index in [1.807, 2.05) is 0 Å². The molecule has 0 aliphatic heterocycles. The van der Waals surface area contributed by atoms with Gasteiger partial charge in [0, 0.05) is 14.3 Å². The summed E-state index contributed by atoms with van der Waals surface area (Å²) in [7, 11) is 0. The number of rotatable bonds is 2. The van der Waals surface area contributed by atoms with Crippen molar-refractivity contribution in [3.63, 3.8) is 0 Å². The van der Waals surface area contributed by atoms with Crippen molar-refractivity contribution in [3.05, 3.63) is 22.4 Å². The molecule has 1 N–H and O–H groups in total. The van der Waals surface area contributed by atoms with Crippen LogP contribution in [0.15, 0.2) is 17.5 Å². The van der Waals surface area contributed by atoms with E-state index in [9.17, 15) is 5.11 Å². The molecule has 2 aromatic heterocycles. The summed E-state index contributed by atoms with van der Waals surface area (Å²) in [5.41, 5.74) is 0. The number of fused-ring (bicyclic) bond motifs is 1. The van der Waals surface area contributed by atoms with Crippen molar-refractivity contribution in [1.29, 1.82) is 0 Å². The Hall–Kier alpha value is -0.380. The largest absolute Gasteiger partial charge is 0.387 e. The van der Waals surface area contributed by atoms with Gasteiger partial charge in [0.2, 0.25) is 0 Å². The maximum atomic E-state index is 10.6. The van der Waals surface area contributed by atoms with Crippen LogP contribution in [-0.2, 0) is 0 Å². The molecule has 1 saturated carbocycles. The van der Waals surface area contributed by atoms with E-state index in [1.165, 1.54) is 33.5 Å². The molecular weight excluding hydrogens is 260 g/mol. The van der Waals surface area contributed by atoms with Crippen LogP contribution in [0, 0.1) is 17.8 Å². The van der Waals surface area contributed by atoms with Crippen LogP contribution in [0.2, 0.25) is 0 Å². The minimum atomic E-state index is -0.250. The molecule has 18 heavy (non-hydrogen) atoms. The topological polar surface area (TPSA) is 20.2 Å². The summed E-state index contributed by atoms with van der Waals surface area (Å²) in [6, 6.07) is 4.35. The van der Waals surface area contributed by atoms with Crippen LogP contribution >= 0.6 is 22.7 Å². The fraction of sp³-hybridized carbons (Fsp3) is 0.600. The Balaban J connectivity index is 1.81. The zero-order chi connectivity index (χ0) is 12.7. The van der Waals surface area contributed by atoms with Gasteiger partial charge in [-0.25, -0.2) is 0 Å². The number of hydrogen-bond donors (Lipinski definition) is 1. The van der Waals surface area contributed by atoms with E-state index in [4.69, 9.17) is 0 Å². The van der Waals surface area contributed by atoms with Gasteiger partial charge < -0.3 is 5.11 Å². The summed E-state index contributed by atoms with van der Waals surface area (Å²) in [6.07, 6.45) is 3.43. The molecule has 1 fully saturated rings. The third kappa shape index (κ3) is 2.36. The van der Waals surface area contributed by atoms with Crippen molar-refractivity contribution in [3.8, 4) is 0 Å². The highest BCUT2D eigenvalue weighted by molar-refractivity contribution is 7.26. The zero-order valence-electron chi connectivity index (χ0n) is 10.9. The summed E-state index contributed by atoms with van der Waals surface area (Å²) in [4.78, 5) is 1.17. The number of thiophene rings is 2. The molecular formula is C15H20OS2. The highest BCUT2D eigenvalue weighted by Crippen LogP contribution is 2.43. The van der Waals surface area contributed by atoms with E-state index < -0.39 is 0 Å². The molecule has 2 aromatic rings. The van der Waals surface area contributed by atoms with Crippen molar-refractivity contribution in [1.82, 2.24) is 0 Å². The molecule has 1 aliphatic rings. The molecule has 3 unspecified atom stereocenters. The third-order valence-corrected chi connectivity index (χ3v) is 6.28. The molecule has 3 heteroatoms. The Morgan fingerprint density at radius 1 is 1.17 bits per heavy atom. The molecule has 1 nitrogen and oxygen atoms in total. The molecule has 0 saturated heterocycles. The van der Waals surface area contributed by atoms with E-state index in [1.54, 1.807) is 22.7 Å². The maximum absolute atomic E-state index is 10.6. The smallest absolute Gasteiger partial charge is 0.0910 e. The molecule has 3 atom stereocenters.